The molecule has 3 aliphatic rings. The molecule has 0 aliphatic carbocycles. The maximum atomic E-state index is 12.5. The van der Waals surface area contributed by atoms with Gasteiger partial charge in [0.2, 0.25) is 10.0 Å². The van der Waals surface area contributed by atoms with Crippen LogP contribution < -0.4 is 10.5 Å². The van der Waals surface area contributed by atoms with Crippen LogP contribution in [0.5, 0.6) is 5.75 Å². The van der Waals surface area contributed by atoms with Gasteiger partial charge in [-0.25, -0.2) is 8.42 Å². The first-order chi connectivity index (χ1) is 12.0. The highest BCUT2D eigenvalue weighted by molar-refractivity contribution is 7.89. The van der Waals surface area contributed by atoms with Gasteiger partial charge in [0.25, 0.3) is 0 Å². The van der Waals surface area contributed by atoms with Gasteiger partial charge in [-0.1, -0.05) is 6.07 Å². The smallest absolute Gasteiger partial charge is 0.227 e. The lowest BCUT2D eigenvalue weighted by molar-refractivity contribution is 0.0220. The molecule has 2 N–H and O–H groups in total. The second kappa shape index (κ2) is 6.54. The Hall–Kier alpha value is -1.15. The predicted octanol–water partition coefficient (Wildman–Crippen LogP) is 1.32. The molecule has 0 spiro atoms. The number of fused-ring (bicyclic) bond motifs is 4. The van der Waals surface area contributed by atoms with Crippen molar-refractivity contribution in [1.82, 2.24) is 9.21 Å². The second-order valence-electron chi connectivity index (χ2n) is 7.42. The van der Waals surface area contributed by atoms with Crippen LogP contribution in [0.3, 0.4) is 0 Å². The summed E-state index contributed by atoms with van der Waals surface area (Å²) in [5.41, 5.74) is 8.22. The molecule has 6 nitrogen and oxygen atoms in total. The van der Waals surface area contributed by atoms with Gasteiger partial charge in [-0.3, -0.25) is 4.90 Å². The van der Waals surface area contributed by atoms with Crippen molar-refractivity contribution in [3.8, 4) is 5.75 Å². The van der Waals surface area contributed by atoms with Crippen molar-refractivity contribution in [2.45, 2.75) is 37.8 Å². The first-order valence-corrected chi connectivity index (χ1v) is 10.7. The Labute approximate surface area is 150 Å². The first-order valence-electron chi connectivity index (χ1n) is 9.14. The van der Waals surface area contributed by atoms with Gasteiger partial charge in [0.05, 0.1) is 7.11 Å². The van der Waals surface area contributed by atoms with Crippen LogP contribution in [-0.2, 0) is 16.4 Å². The van der Waals surface area contributed by atoms with Gasteiger partial charge in [-0.05, 0) is 54.9 Å². The van der Waals surface area contributed by atoms with Crippen molar-refractivity contribution in [3.05, 3.63) is 29.3 Å². The summed E-state index contributed by atoms with van der Waals surface area (Å²) in [5.74, 6) is 1.02. The van der Waals surface area contributed by atoms with Crippen LogP contribution in [-0.4, -0.2) is 56.3 Å². The molecule has 138 valence electrons. The molecule has 0 bridgehead atoms. The Morgan fingerprint density at radius 3 is 2.92 bits per heavy atom. The molecule has 2 fully saturated rings. The molecule has 3 aliphatic heterocycles. The summed E-state index contributed by atoms with van der Waals surface area (Å²) >= 11 is 0. The number of piperidine rings is 2. The zero-order valence-electron chi connectivity index (χ0n) is 14.7. The van der Waals surface area contributed by atoms with E-state index in [-0.39, 0.29) is 11.9 Å². The van der Waals surface area contributed by atoms with E-state index in [4.69, 9.17) is 10.5 Å². The molecule has 0 aromatic heterocycles. The van der Waals surface area contributed by atoms with Crippen molar-refractivity contribution in [1.29, 1.82) is 0 Å². The molecule has 1 aromatic carbocycles. The van der Waals surface area contributed by atoms with Crippen LogP contribution in [0.1, 0.15) is 36.4 Å². The largest absolute Gasteiger partial charge is 0.497 e. The summed E-state index contributed by atoms with van der Waals surface area (Å²) in [4.78, 5) is 2.55. The van der Waals surface area contributed by atoms with Crippen molar-refractivity contribution >= 4 is 10.0 Å². The van der Waals surface area contributed by atoms with Crippen LogP contribution in [0.25, 0.3) is 0 Å². The van der Waals surface area contributed by atoms with E-state index < -0.39 is 10.0 Å². The molecule has 3 atom stereocenters. The summed E-state index contributed by atoms with van der Waals surface area (Å²) in [6.45, 7) is 2.64. The number of methoxy groups -OCH3 is 1. The minimum Gasteiger partial charge on any atom is -0.497 e. The molecule has 0 saturated carbocycles. The number of nitrogens with zero attached hydrogens (tertiary/aromatic N) is 2. The zero-order valence-corrected chi connectivity index (χ0v) is 15.5. The van der Waals surface area contributed by atoms with Crippen LogP contribution in [0, 0.1) is 5.92 Å². The van der Waals surface area contributed by atoms with Gasteiger partial charge in [0.15, 0.2) is 0 Å². The molecule has 3 heterocycles. The van der Waals surface area contributed by atoms with Gasteiger partial charge in [0, 0.05) is 31.7 Å². The maximum Gasteiger partial charge on any atom is 0.227 e. The van der Waals surface area contributed by atoms with E-state index in [2.05, 4.69) is 17.0 Å². The van der Waals surface area contributed by atoms with Gasteiger partial charge in [-0.2, -0.15) is 4.31 Å². The lowest BCUT2D eigenvalue weighted by atomic mass is 9.77. The Kier molecular flexibility index (Phi) is 4.52. The standard InChI is InChI=1S/C18H27N3O3S/c1-24-15-4-5-16-13(9-15)6-8-20-11-14-3-2-7-21(25(22,23)12-19)17(14)10-18(16)20/h4-5,9,14,17-18H,2-3,6-8,10-12,19H2,1H3/t14-,17+,18-/m0/s1. The fraction of sp³-hybridized carbons (Fsp3) is 0.667. The minimum absolute atomic E-state index is 0.0802. The lowest BCUT2D eigenvalue weighted by Crippen LogP contribution is -2.58. The van der Waals surface area contributed by atoms with Crippen molar-refractivity contribution in [2.75, 3.05) is 32.6 Å². The third-order valence-corrected chi connectivity index (χ3v) is 7.78. The van der Waals surface area contributed by atoms with Crippen LogP contribution in [0.2, 0.25) is 0 Å². The molecule has 25 heavy (non-hydrogen) atoms. The van der Waals surface area contributed by atoms with E-state index in [0.717, 1.165) is 44.5 Å². The molecule has 0 radical (unpaired) electrons. The number of rotatable bonds is 3. The number of nitrogens with two attached hydrogens (primary N) is 1. The summed E-state index contributed by atoms with van der Waals surface area (Å²) < 4.78 is 32.0. The number of benzene rings is 1. The summed E-state index contributed by atoms with van der Waals surface area (Å²) in [6, 6.07) is 6.69. The van der Waals surface area contributed by atoms with E-state index in [0.29, 0.717) is 18.5 Å². The molecule has 4 rings (SSSR count). The average Bonchev–Trinajstić information content (AvgIpc) is 2.65. The molecule has 2 saturated heterocycles. The summed E-state index contributed by atoms with van der Waals surface area (Å²) in [6.07, 6.45) is 3.95. The fourth-order valence-corrected chi connectivity index (χ4v) is 6.23. The lowest BCUT2D eigenvalue weighted by Gasteiger charge is -2.51. The zero-order chi connectivity index (χ0) is 17.6. The molecule has 1 aromatic rings. The van der Waals surface area contributed by atoms with Gasteiger partial charge < -0.3 is 10.5 Å². The minimum atomic E-state index is -3.34. The normalized spacial score (nSPS) is 30.2. The summed E-state index contributed by atoms with van der Waals surface area (Å²) in [5, 5.41) is 0. The second-order valence-corrected chi connectivity index (χ2v) is 9.39. The molecule has 0 amide bonds. The highest BCUT2D eigenvalue weighted by atomic mass is 32.2. The SMILES string of the molecule is COc1ccc2c(c1)CCN1C[C@@H]3CCCN(S(=O)(=O)CN)[C@@H]3C[C@@H]21. The van der Waals surface area contributed by atoms with Gasteiger partial charge in [0.1, 0.15) is 11.6 Å². The Balaban J connectivity index is 1.65. The third-order valence-electron chi connectivity index (χ3n) is 6.19. The van der Waals surface area contributed by atoms with Crippen LogP contribution in [0.15, 0.2) is 18.2 Å². The molecular formula is C18H27N3O3S. The van der Waals surface area contributed by atoms with Gasteiger partial charge in [-0.15, -0.1) is 0 Å². The highest BCUT2D eigenvalue weighted by Crippen LogP contribution is 2.44. The number of ether oxygens (including phenoxy) is 1. The average molecular weight is 365 g/mol. The maximum absolute atomic E-state index is 12.5. The molecule has 0 unspecified atom stereocenters. The number of hydrogen-bond donors (Lipinski definition) is 1. The topological polar surface area (TPSA) is 75.9 Å². The summed E-state index contributed by atoms with van der Waals surface area (Å²) in [7, 11) is -1.65. The van der Waals surface area contributed by atoms with E-state index in [1.807, 2.05) is 6.07 Å². The Bertz CT molecular complexity index is 752. The highest BCUT2D eigenvalue weighted by Gasteiger charge is 2.45. The quantitative estimate of drug-likeness (QED) is 0.874. The Morgan fingerprint density at radius 2 is 2.16 bits per heavy atom. The van der Waals surface area contributed by atoms with E-state index in [9.17, 15) is 8.42 Å². The van der Waals surface area contributed by atoms with Crippen molar-refractivity contribution in [2.24, 2.45) is 11.7 Å². The number of hydrogen-bond acceptors (Lipinski definition) is 5. The van der Waals surface area contributed by atoms with Crippen LogP contribution >= 0.6 is 0 Å². The fourth-order valence-electron chi connectivity index (χ4n) is 4.96. The van der Waals surface area contributed by atoms with E-state index in [1.165, 1.54) is 11.1 Å². The Morgan fingerprint density at radius 1 is 1.32 bits per heavy atom. The van der Waals surface area contributed by atoms with Gasteiger partial charge >= 0.3 is 0 Å². The van der Waals surface area contributed by atoms with E-state index in [1.54, 1.807) is 11.4 Å². The predicted molar refractivity (Wildman–Crippen MR) is 96.8 cm³/mol. The first kappa shape index (κ1) is 17.3. The van der Waals surface area contributed by atoms with Crippen molar-refractivity contribution < 1.29 is 13.2 Å². The van der Waals surface area contributed by atoms with Crippen LogP contribution in [0.4, 0.5) is 0 Å². The third kappa shape index (κ3) is 2.97. The number of sulfonamides is 1. The molecule has 7 heteroatoms. The van der Waals surface area contributed by atoms with Crippen molar-refractivity contribution in [3.63, 3.8) is 0 Å². The monoisotopic (exact) mass is 365 g/mol. The molecular weight excluding hydrogens is 338 g/mol. The van der Waals surface area contributed by atoms with E-state index >= 15 is 0 Å².